The normalized spacial score (nSPS) is 14.0. The Hall–Kier alpha value is -2.73. The van der Waals surface area contributed by atoms with E-state index in [0.29, 0.717) is 42.5 Å². The summed E-state index contributed by atoms with van der Waals surface area (Å²) in [6.07, 6.45) is 0. The third-order valence-electron chi connectivity index (χ3n) is 4.59. The highest BCUT2D eigenvalue weighted by Gasteiger charge is 2.23. The van der Waals surface area contributed by atoms with Crippen molar-refractivity contribution in [2.24, 2.45) is 0 Å². The van der Waals surface area contributed by atoms with Crippen molar-refractivity contribution in [3.63, 3.8) is 0 Å². The summed E-state index contributed by atoms with van der Waals surface area (Å²) in [6.45, 7) is 4.07. The molecule has 2 aromatic carbocycles. The minimum Gasteiger partial charge on any atom is -0.495 e. The molecule has 0 spiro atoms. The van der Waals surface area contributed by atoms with E-state index in [1.165, 1.54) is 6.92 Å². The number of amides is 2. The molecular formula is C20H22ClN3O3. The van der Waals surface area contributed by atoms with E-state index in [-0.39, 0.29) is 11.8 Å². The van der Waals surface area contributed by atoms with Gasteiger partial charge >= 0.3 is 6.03 Å². The molecule has 1 aliphatic heterocycles. The Morgan fingerprint density at radius 2 is 1.70 bits per heavy atom. The highest BCUT2D eigenvalue weighted by molar-refractivity contribution is 6.30. The van der Waals surface area contributed by atoms with Gasteiger partial charge < -0.3 is 19.9 Å². The fraction of sp³-hybridized carbons (Fsp3) is 0.300. The molecule has 27 heavy (non-hydrogen) atoms. The summed E-state index contributed by atoms with van der Waals surface area (Å²) in [5.41, 5.74) is 2.23. The van der Waals surface area contributed by atoms with Crippen LogP contribution in [-0.2, 0) is 0 Å². The summed E-state index contributed by atoms with van der Waals surface area (Å²) < 4.78 is 5.42. The Labute approximate surface area is 163 Å². The highest BCUT2D eigenvalue weighted by Crippen LogP contribution is 2.31. The van der Waals surface area contributed by atoms with E-state index >= 15 is 0 Å². The van der Waals surface area contributed by atoms with E-state index in [0.717, 1.165) is 11.4 Å². The van der Waals surface area contributed by atoms with Gasteiger partial charge in [-0.25, -0.2) is 4.79 Å². The van der Waals surface area contributed by atoms with Crippen molar-refractivity contribution in [3.05, 3.63) is 53.1 Å². The summed E-state index contributed by atoms with van der Waals surface area (Å²) in [6, 6.07) is 12.3. The van der Waals surface area contributed by atoms with E-state index in [9.17, 15) is 9.59 Å². The van der Waals surface area contributed by atoms with Gasteiger partial charge in [0.05, 0.1) is 12.8 Å². The van der Waals surface area contributed by atoms with E-state index in [1.807, 2.05) is 12.1 Å². The lowest BCUT2D eigenvalue weighted by Gasteiger charge is -2.36. The summed E-state index contributed by atoms with van der Waals surface area (Å²) in [5, 5.41) is 3.53. The van der Waals surface area contributed by atoms with Gasteiger partial charge in [-0.3, -0.25) is 4.79 Å². The molecule has 142 valence electrons. The maximum atomic E-state index is 12.5. The van der Waals surface area contributed by atoms with Gasteiger partial charge in [0.2, 0.25) is 0 Å². The Kier molecular flexibility index (Phi) is 5.86. The van der Waals surface area contributed by atoms with Crippen LogP contribution < -0.4 is 15.0 Å². The second-order valence-electron chi connectivity index (χ2n) is 6.35. The number of carbonyl (C=O) groups is 2. The van der Waals surface area contributed by atoms with E-state index in [1.54, 1.807) is 42.3 Å². The number of piperazine rings is 1. The van der Waals surface area contributed by atoms with Gasteiger partial charge in [-0.15, -0.1) is 0 Å². The quantitative estimate of drug-likeness (QED) is 0.808. The minimum atomic E-state index is -0.150. The zero-order valence-electron chi connectivity index (χ0n) is 15.4. The maximum absolute atomic E-state index is 12.5. The standard InChI is InChI=1S/C20H22ClN3O3/c1-14(25)15-3-6-17(7-4-15)22-20(26)24-11-9-23(10-12-24)18-13-16(21)5-8-19(18)27-2/h3-8,13H,9-12H2,1-2H3,(H,22,26). The Morgan fingerprint density at radius 3 is 2.30 bits per heavy atom. The summed E-state index contributed by atoms with van der Waals surface area (Å²) >= 11 is 6.12. The molecule has 0 aromatic heterocycles. The predicted molar refractivity (Wildman–Crippen MR) is 107 cm³/mol. The van der Waals surface area contributed by atoms with Crippen molar-refractivity contribution in [3.8, 4) is 5.75 Å². The fourth-order valence-corrected chi connectivity index (χ4v) is 3.22. The first-order valence-corrected chi connectivity index (χ1v) is 9.11. The van der Waals surface area contributed by atoms with Crippen LogP contribution in [-0.4, -0.2) is 50.0 Å². The Morgan fingerprint density at radius 1 is 1.04 bits per heavy atom. The van der Waals surface area contributed by atoms with Gasteiger partial charge in [0.1, 0.15) is 5.75 Å². The molecule has 0 bridgehead atoms. The van der Waals surface area contributed by atoms with Crippen LogP contribution in [0.2, 0.25) is 5.02 Å². The highest BCUT2D eigenvalue weighted by atomic mass is 35.5. The number of nitrogens with one attached hydrogen (secondary N) is 1. The second-order valence-corrected chi connectivity index (χ2v) is 6.79. The largest absolute Gasteiger partial charge is 0.495 e. The molecule has 7 heteroatoms. The second kappa shape index (κ2) is 8.31. The molecular weight excluding hydrogens is 366 g/mol. The number of nitrogens with zero attached hydrogens (tertiary/aromatic N) is 2. The summed E-state index contributed by atoms with van der Waals surface area (Å²) in [7, 11) is 1.63. The van der Waals surface area contributed by atoms with Crippen LogP contribution in [0, 0.1) is 0 Å². The van der Waals surface area contributed by atoms with Crippen molar-refractivity contribution in [1.82, 2.24) is 4.90 Å². The third-order valence-corrected chi connectivity index (χ3v) is 4.83. The smallest absolute Gasteiger partial charge is 0.321 e. The van der Waals surface area contributed by atoms with Crippen LogP contribution in [0.4, 0.5) is 16.2 Å². The number of hydrogen-bond donors (Lipinski definition) is 1. The average Bonchev–Trinajstić information content (AvgIpc) is 2.68. The summed E-state index contributed by atoms with van der Waals surface area (Å²) in [4.78, 5) is 27.7. The van der Waals surface area contributed by atoms with Crippen molar-refractivity contribution < 1.29 is 14.3 Å². The molecule has 0 aliphatic carbocycles. The lowest BCUT2D eigenvalue weighted by molar-refractivity contribution is 0.101. The molecule has 6 nitrogen and oxygen atoms in total. The number of hydrogen-bond acceptors (Lipinski definition) is 4. The number of urea groups is 1. The van der Waals surface area contributed by atoms with E-state index in [2.05, 4.69) is 10.2 Å². The zero-order chi connectivity index (χ0) is 19.4. The van der Waals surface area contributed by atoms with Gasteiger partial charge in [0, 0.05) is 42.5 Å². The molecule has 1 aliphatic rings. The van der Waals surface area contributed by atoms with Crippen molar-refractivity contribution in [2.45, 2.75) is 6.92 Å². The van der Waals surface area contributed by atoms with Crippen molar-refractivity contribution in [1.29, 1.82) is 0 Å². The Balaban J connectivity index is 1.59. The van der Waals surface area contributed by atoms with E-state index < -0.39 is 0 Å². The number of methoxy groups -OCH3 is 1. The first kappa shape index (κ1) is 19.0. The van der Waals surface area contributed by atoms with Crippen molar-refractivity contribution >= 4 is 34.8 Å². The zero-order valence-corrected chi connectivity index (χ0v) is 16.1. The monoisotopic (exact) mass is 387 g/mol. The molecule has 1 fully saturated rings. The number of rotatable bonds is 4. The fourth-order valence-electron chi connectivity index (χ4n) is 3.05. The number of carbonyl (C=O) groups excluding carboxylic acids is 2. The average molecular weight is 388 g/mol. The molecule has 1 heterocycles. The molecule has 1 saturated heterocycles. The SMILES string of the molecule is COc1ccc(Cl)cc1N1CCN(C(=O)Nc2ccc(C(C)=O)cc2)CC1. The van der Waals surface area contributed by atoms with Crippen LogP contribution in [0.1, 0.15) is 17.3 Å². The van der Waals surface area contributed by atoms with E-state index in [4.69, 9.17) is 16.3 Å². The molecule has 0 saturated carbocycles. The molecule has 0 unspecified atom stereocenters. The number of benzene rings is 2. The first-order valence-electron chi connectivity index (χ1n) is 8.73. The van der Waals surface area contributed by atoms with Crippen LogP contribution >= 0.6 is 11.6 Å². The predicted octanol–water partition coefficient (Wildman–Crippen LogP) is 3.91. The number of Topliss-reactive ketones (excluding diaryl/α,β-unsaturated/α-hetero) is 1. The molecule has 0 radical (unpaired) electrons. The number of anilines is 2. The number of halogens is 1. The van der Waals surface area contributed by atoms with Gasteiger partial charge in [-0.1, -0.05) is 11.6 Å². The van der Waals surface area contributed by atoms with Gasteiger partial charge in [0.25, 0.3) is 0 Å². The van der Waals surface area contributed by atoms with Gasteiger partial charge in [-0.2, -0.15) is 0 Å². The Bertz CT molecular complexity index is 831. The minimum absolute atomic E-state index is 0.000409. The van der Waals surface area contributed by atoms with Crippen LogP contribution in [0.25, 0.3) is 0 Å². The molecule has 2 amide bonds. The summed E-state index contributed by atoms with van der Waals surface area (Å²) in [5.74, 6) is 0.767. The van der Waals surface area contributed by atoms with Crippen LogP contribution in [0.3, 0.4) is 0 Å². The maximum Gasteiger partial charge on any atom is 0.321 e. The topological polar surface area (TPSA) is 61.9 Å². The molecule has 2 aromatic rings. The number of ether oxygens (including phenoxy) is 1. The van der Waals surface area contributed by atoms with Crippen LogP contribution in [0.15, 0.2) is 42.5 Å². The van der Waals surface area contributed by atoms with Gasteiger partial charge in [-0.05, 0) is 49.4 Å². The number of ketones is 1. The van der Waals surface area contributed by atoms with Crippen molar-refractivity contribution in [2.75, 3.05) is 43.5 Å². The third kappa shape index (κ3) is 4.52. The first-order chi connectivity index (χ1) is 13.0. The molecule has 1 N–H and O–H groups in total. The van der Waals surface area contributed by atoms with Gasteiger partial charge in [0.15, 0.2) is 5.78 Å². The lowest BCUT2D eigenvalue weighted by atomic mass is 10.1. The molecule has 3 rings (SSSR count). The van der Waals surface area contributed by atoms with Crippen LogP contribution in [0.5, 0.6) is 5.75 Å². The molecule has 0 atom stereocenters. The lowest BCUT2D eigenvalue weighted by Crippen LogP contribution is -2.50.